The Morgan fingerprint density at radius 3 is 2.71 bits per heavy atom. The Balaban J connectivity index is 1.61. The molecule has 0 bridgehead atoms. The van der Waals surface area contributed by atoms with Crippen molar-refractivity contribution in [3.63, 3.8) is 0 Å². The van der Waals surface area contributed by atoms with Gasteiger partial charge in [-0.3, -0.25) is 14.2 Å². The van der Waals surface area contributed by atoms with Crippen LogP contribution in [0.5, 0.6) is 0 Å². The molecule has 0 radical (unpaired) electrons. The van der Waals surface area contributed by atoms with Crippen LogP contribution in [0.25, 0.3) is 11.4 Å². The Kier molecular flexibility index (Phi) is 7.05. The number of hydrogen-bond donors (Lipinski definition) is 1. The second-order valence-electron chi connectivity index (χ2n) is 6.70. The molecule has 3 rings (SSSR count). The molecule has 1 N–H and O–H groups in total. The number of carbonyl (C=O) groups is 2. The third kappa shape index (κ3) is 5.56. The van der Waals surface area contributed by atoms with Crippen molar-refractivity contribution in [1.82, 2.24) is 25.0 Å². The van der Waals surface area contributed by atoms with Gasteiger partial charge in [0.2, 0.25) is 11.8 Å². The van der Waals surface area contributed by atoms with E-state index in [1.54, 1.807) is 14.2 Å². The molecule has 9 heteroatoms. The van der Waals surface area contributed by atoms with Crippen LogP contribution in [-0.2, 0) is 20.9 Å². The van der Waals surface area contributed by atoms with E-state index in [2.05, 4.69) is 15.5 Å². The first-order chi connectivity index (χ1) is 13.6. The maximum Gasteiger partial charge on any atom is 0.239 e. The molecule has 28 heavy (non-hydrogen) atoms. The lowest BCUT2D eigenvalue weighted by atomic mass is 10.2. The summed E-state index contributed by atoms with van der Waals surface area (Å²) in [6.45, 7) is 1.17. The summed E-state index contributed by atoms with van der Waals surface area (Å²) in [7, 11) is 3.28. The third-order valence-electron chi connectivity index (χ3n) is 4.34. The first-order valence-electron chi connectivity index (χ1n) is 9.22. The molecule has 0 saturated heterocycles. The number of amides is 2. The molecule has 1 fully saturated rings. The number of thioether (sulfide) groups is 1. The molecule has 2 amide bonds. The zero-order chi connectivity index (χ0) is 19.9. The fourth-order valence-corrected chi connectivity index (χ4v) is 3.53. The van der Waals surface area contributed by atoms with E-state index in [0.29, 0.717) is 24.3 Å². The lowest BCUT2D eigenvalue weighted by molar-refractivity contribution is -0.132. The van der Waals surface area contributed by atoms with E-state index in [1.165, 1.54) is 16.7 Å². The minimum Gasteiger partial charge on any atom is -0.383 e. The van der Waals surface area contributed by atoms with Crippen molar-refractivity contribution in [2.75, 3.05) is 33.1 Å². The van der Waals surface area contributed by atoms with Crippen molar-refractivity contribution >= 4 is 23.6 Å². The molecule has 150 valence electrons. The monoisotopic (exact) mass is 403 g/mol. The number of methoxy groups -OCH3 is 1. The molecule has 8 nitrogen and oxygen atoms in total. The maximum atomic E-state index is 12.4. The number of rotatable bonds is 10. The van der Waals surface area contributed by atoms with Crippen LogP contribution in [-0.4, -0.2) is 70.6 Å². The second-order valence-corrected chi connectivity index (χ2v) is 7.64. The van der Waals surface area contributed by atoms with Gasteiger partial charge in [0.25, 0.3) is 0 Å². The highest BCUT2D eigenvalue weighted by Gasteiger charge is 2.24. The Morgan fingerprint density at radius 1 is 1.29 bits per heavy atom. The highest BCUT2D eigenvalue weighted by molar-refractivity contribution is 7.99. The summed E-state index contributed by atoms with van der Waals surface area (Å²) in [5.74, 6) is 0.689. The zero-order valence-corrected chi connectivity index (χ0v) is 16.9. The quantitative estimate of drug-likeness (QED) is 0.604. The fourth-order valence-electron chi connectivity index (χ4n) is 2.62. The highest BCUT2D eigenvalue weighted by Crippen LogP contribution is 2.24. The van der Waals surface area contributed by atoms with E-state index in [4.69, 9.17) is 4.74 Å². The van der Waals surface area contributed by atoms with Gasteiger partial charge in [0.15, 0.2) is 11.0 Å². The van der Waals surface area contributed by atoms with Gasteiger partial charge in [0.1, 0.15) is 0 Å². The molecule has 1 saturated carbocycles. The second kappa shape index (κ2) is 9.70. The molecular formula is C19H25N5O3S. The highest BCUT2D eigenvalue weighted by atomic mass is 32.2. The van der Waals surface area contributed by atoms with Gasteiger partial charge in [-0.25, -0.2) is 0 Å². The van der Waals surface area contributed by atoms with Gasteiger partial charge in [-0.05, 0) is 12.8 Å². The zero-order valence-electron chi connectivity index (χ0n) is 16.1. The van der Waals surface area contributed by atoms with Crippen molar-refractivity contribution < 1.29 is 14.3 Å². The molecule has 1 aliphatic carbocycles. The Labute approximate surface area is 168 Å². The predicted molar refractivity (Wildman–Crippen MR) is 107 cm³/mol. The van der Waals surface area contributed by atoms with E-state index in [-0.39, 0.29) is 24.1 Å². The topological polar surface area (TPSA) is 89.4 Å². The number of nitrogens with one attached hydrogen (secondary N) is 1. The number of benzene rings is 1. The summed E-state index contributed by atoms with van der Waals surface area (Å²) in [6.07, 6.45) is 2.06. The van der Waals surface area contributed by atoms with E-state index in [0.717, 1.165) is 24.2 Å². The van der Waals surface area contributed by atoms with Crippen LogP contribution in [0.4, 0.5) is 0 Å². The minimum atomic E-state index is -0.126. The molecule has 2 aromatic rings. The summed E-state index contributed by atoms with van der Waals surface area (Å²) < 4.78 is 7.15. The van der Waals surface area contributed by atoms with Crippen LogP contribution in [0.1, 0.15) is 12.8 Å². The lowest BCUT2D eigenvalue weighted by Gasteiger charge is -2.16. The third-order valence-corrected chi connectivity index (χ3v) is 5.29. The molecule has 0 aliphatic heterocycles. The van der Waals surface area contributed by atoms with Crippen molar-refractivity contribution in [1.29, 1.82) is 0 Å². The van der Waals surface area contributed by atoms with E-state index in [1.807, 2.05) is 34.9 Å². The average Bonchev–Trinajstić information content (AvgIpc) is 3.41. The summed E-state index contributed by atoms with van der Waals surface area (Å²) >= 11 is 1.31. The molecule has 0 atom stereocenters. The lowest BCUT2D eigenvalue weighted by Crippen LogP contribution is -2.39. The van der Waals surface area contributed by atoms with Gasteiger partial charge in [0, 0.05) is 25.8 Å². The van der Waals surface area contributed by atoms with Gasteiger partial charge in [-0.15, -0.1) is 10.2 Å². The number of nitrogens with zero attached hydrogens (tertiary/aromatic N) is 4. The summed E-state index contributed by atoms with van der Waals surface area (Å²) in [5, 5.41) is 12.1. The smallest absolute Gasteiger partial charge is 0.239 e. The summed E-state index contributed by atoms with van der Waals surface area (Å²) in [5.41, 5.74) is 0.957. The summed E-state index contributed by atoms with van der Waals surface area (Å²) in [6, 6.07) is 10.1. The maximum absolute atomic E-state index is 12.4. The van der Waals surface area contributed by atoms with Crippen LogP contribution in [0, 0.1) is 0 Å². The van der Waals surface area contributed by atoms with Crippen LogP contribution in [0.2, 0.25) is 0 Å². The van der Waals surface area contributed by atoms with E-state index in [9.17, 15) is 9.59 Å². The van der Waals surface area contributed by atoms with Crippen molar-refractivity contribution in [3.8, 4) is 11.4 Å². The Morgan fingerprint density at radius 2 is 2.04 bits per heavy atom. The molecule has 1 aromatic heterocycles. The summed E-state index contributed by atoms with van der Waals surface area (Å²) in [4.78, 5) is 25.7. The largest absolute Gasteiger partial charge is 0.383 e. The number of hydrogen-bond acceptors (Lipinski definition) is 6. The molecule has 1 aliphatic rings. The van der Waals surface area contributed by atoms with Crippen LogP contribution < -0.4 is 5.32 Å². The van der Waals surface area contributed by atoms with Crippen molar-refractivity contribution in [2.45, 2.75) is 30.6 Å². The number of carbonyl (C=O) groups excluding carboxylic acids is 2. The number of ether oxygens (including phenoxy) is 1. The molecule has 0 spiro atoms. The van der Waals surface area contributed by atoms with Gasteiger partial charge in [-0.2, -0.15) is 0 Å². The van der Waals surface area contributed by atoms with Gasteiger partial charge >= 0.3 is 0 Å². The first kappa shape index (κ1) is 20.3. The predicted octanol–water partition coefficient (Wildman–Crippen LogP) is 1.42. The number of aromatic nitrogens is 3. The average molecular weight is 404 g/mol. The van der Waals surface area contributed by atoms with Crippen molar-refractivity contribution in [3.05, 3.63) is 30.3 Å². The molecule has 1 aromatic carbocycles. The van der Waals surface area contributed by atoms with Gasteiger partial charge in [-0.1, -0.05) is 42.1 Å². The molecular weight excluding hydrogens is 378 g/mol. The normalized spacial score (nSPS) is 13.4. The van der Waals surface area contributed by atoms with Crippen LogP contribution in [0.3, 0.4) is 0 Å². The minimum absolute atomic E-state index is 0.0710. The first-order valence-corrected chi connectivity index (χ1v) is 10.2. The molecule has 0 unspecified atom stereocenters. The molecule has 1 heterocycles. The SMILES string of the molecule is COCCn1c(SCC(=O)N(C)CC(=O)NC2CC2)nnc1-c1ccccc1. The van der Waals surface area contributed by atoms with E-state index < -0.39 is 0 Å². The van der Waals surface area contributed by atoms with Crippen LogP contribution in [0.15, 0.2) is 35.5 Å². The fraction of sp³-hybridized carbons (Fsp3) is 0.474. The standard InChI is InChI=1S/C19H25N5O3S/c1-23(12-16(25)20-15-8-9-15)17(26)13-28-19-22-21-18(24(19)10-11-27-2)14-6-4-3-5-7-14/h3-7,15H,8-13H2,1-2H3,(H,20,25). The Bertz CT molecular complexity index is 807. The van der Waals surface area contributed by atoms with Crippen molar-refractivity contribution in [2.24, 2.45) is 0 Å². The Hall–Kier alpha value is -2.39. The van der Waals surface area contributed by atoms with Gasteiger partial charge < -0.3 is 15.0 Å². The van der Waals surface area contributed by atoms with Gasteiger partial charge in [0.05, 0.1) is 25.4 Å². The van der Waals surface area contributed by atoms with Crippen LogP contribution >= 0.6 is 11.8 Å². The number of likely N-dealkylation sites (N-methyl/N-ethyl adjacent to an activating group) is 1. The van der Waals surface area contributed by atoms with E-state index >= 15 is 0 Å².